The molecule has 264 valence electrons. The van der Waals surface area contributed by atoms with Crippen LogP contribution in [-0.4, -0.2) is 109 Å². The van der Waals surface area contributed by atoms with Crippen LogP contribution in [0.3, 0.4) is 0 Å². The minimum atomic E-state index is -0.861. The molecule has 1 aliphatic carbocycles. The van der Waals surface area contributed by atoms with Crippen molar-refractivity contribution >= 4 is 33.4 Å². The molecule has 2 aromatic heterocycles. The summed E-state index contributed by atoms with van der Waals surface area (Å²) in [6, 6.07) is 4.25. The monoisotopic (exact) mass is 698 g/mol. The van der Waals surface area contributed by atoms with E-state index in [0.717, 1.165) is 32.5 Å². The number of hydrogen-bond acceptors (Lipinski definition) is 11. The average Bonchev–Trinajstić information content (AvgIpc) is 3.95. The molecule has 2 aromatic carbocycles. The molecule has 3 fully saturated rings. The number of morpholine rings is 1. The van der Waals surface area contributed by atoms with Crippen LogP contribution in [0.2, 0.25) is 0 Å². The molecule has 4 aliphatic rings. The van der Waals surface area contributed by atoms with Crippen LogP contribution < -0.4 is 19.7 Å². The Balaban J connectivity index is 1.28. The van der Waals surface area contributed by atoms with Gasteiger partial charge in [0, 0.05) is 42.5 Å². The molecule has 4 aromatic rings. The smallest absolute Gasteiger partial charge is 0.319 e. The molecule has 12 nitrogen and oxygen atoms in total. The third-order valence-corrected chi connectivity index (χ3v) is 10.1. The number of fused-ring (bicyclic) bond motifs is 3. The zero-order chi connectivity index (χ0) is 35.3. The van der Waals surface area contributed by atoms with Gasteiger partial charge >= 0.3 is 6.01 Å². The fourth-order valence-corrected chi connectivity index (χ4v) is 7.27. The summed E-state index contributed by atoms with van der Waals surface area (Å²) >= 11 is 0. The minimum absolute atomic E-state index is 0.0128. The minimum Gasteiger partial charge on any atom is -0.508 e. The van der Waals surface area contributed by atoms with Gasteiger partial charge in [0.2, 0.25) is 11.8 Å². The van der Waals surface area contributed by atoms with Crippen molar-refractivity contribution in [2.24, 2.45) is 5.41 Å². The number of nitrogens with zero attached hydrogens (tertiary/aromatic N) is 5. The van der Waals surface area contributed by atoms with E-state index in [2.05, 4.69) is 32.7 Å². The summed E-state index contributed by atoms with van der Waals surface area (Å²) in [5, 5.41) is 14.4. The third kappa shape index (κ3) is 6.15. The van der Waals surface area contributed by atoms with E-state index >= 15 is 8.78 Å². The first kappa shape index (κ1) is 33.1. The lowest BCUT2D eigenvalue weighted by molar-refractivity contribution is -0.117. The highest BCUT2D eigenvalue weighted by molar-refractivity contribution is 6.04. The molecular formula is C37H36F2N6O6. The molecule has 0 unspecified atom stereocenters. The molecule has 8 rings (SSSR count). The van der Waals surface area contributed by atoms with Crippen LogP contribution in [0.4, 0.5) is 14.6 Å². The number of halogens is 2. The number of anilines is 1. The lowest BCUT2D eigenvalue weighted by Gasteiger charge is -2.33. The largest absolute Gasteiger partial charge is 0.508 e. The second kappa shape index (κ2) is 13.2. The lowest BCUT2D eigenvalue weighted by Crippen LogP contribution is -2.55. The average molecular weight is 699 g/mol. The van der Waals surface area contributed by atoms with E-state index in [1.165, 1.54) is 30.3 Å². The SMILES string of the molecule is C#Cc1c(F)ccc2cc(O)cc(-c3nc4c5c(nc(OCC6(CN7CCOCC7)CC6)nc5c3F)N3CCOC[C@H](NC(=O)C=C)[C@@H]3CO4)c12. The standard InChI is InChI=1S/C37H36F2N6O6/c1-3-23-25(38)6-5-21-15-22(46)16-24(29(21)23)32-31(39)33-30-34(43-36(42-33)51-20-37(7-8-37)19-44-9-12-48-13-10-44)45-11-14-49-17-26(40-28(47)4-2)27(45)18-50-35(30)41-32/h1,4-6,15-16,26-27,46H,2,7-14,17-20H2,(H,40,47)/t26-,27-/m0/s1. The number of carbonyl (C=O) groups excluding carboxylic acids is 1. The van der Waals surface area contributed by atoms with Gasteiger partial charge in [0.25, 0.3) is 0 Å². The van der Waals surface area contributed by atoms with Crippen molar-refractivity contribution < 1.29 is 37.6 Å². The maximum absolute atomic E-state index is 17.2. The molecule has 1 saturated carbocycles. The topological polar surface area (TPSA) is 131 Å². The fraction of sp³-hybridized carbons (Fsp3) is 0.405. The Morgan fingerprint density at radius 1 is 1.12 bits per heavy atom. The predicted molar refractivity (Wildman–Crippen MR) is 184 cm³/mol. The zero-order valence-corrected chi connectivity index (χ0v) is 27.8. The van der Waals surface area contributed by atoms with Crippen LogP contribution in [0, 0.1) is 29.4 Å². The predicted octanol–water partition coefficient (Wildman–Crippen LogP) is 3.57. The number of aromatic hydroxyl groups is 1. The molecule has 2 N–H and O–H groups in total. The Labute approximate surface area is 292 Å². The molecule has 2 atom stereocenters. The van der Waals surface area contributed by atoms with Gasteiger partial charge in [-0.05, 0) is 42.5 Å². The summed E-state index contributed by atoms with van der Waals surface area (Å²) < 4.78 is 56.2. The van der Waals surface area contributed by atoms with Crippen LogP contribution in [0.5, 0.6) is 17.6 Å². The van der Waals surface area contributed by atoms with Gasteiger partial charge in [0.05, 0.1) is 50.7 Å². The van der Waals surface area contributed by atoms with Crippen molar-refractivity contribution in [2.45, 2.75) is 24.9 Å². The second-order valence-electron chi connectivity index (χ2n) is 13.4. The van der Waals surface area contributed by atoms with E-state index in [0.29, 0.717) is 44.2 Å². The van der Waals surface area contributed by atoms with Gasteiger partial charge in [-0.25, -0.2) is 13.8 Å². The Morgan fingerprint density at radius 2 is 1.92 bits per heavy atom. The Bertz CT molecular complexity index is 2100. The van der Waals surface area contributed by atoms with Gasteiger partial charge in [-0.1, -0.05) is 18.6 Å². The first-order chi connectivity index (χ1) is 24.8. The number of rotatable bonds is 8. The number of aromatic nitrogens is 3. The Hall–Kier alpha value is -5.10. The number of benzene rings is 2. The first-order valence-electron chi connectivity index (χ1n) is 16.9. The van der Waals surface area contributed by atoms with Gasteiger partial charge in [-0.3, -0.25) is 9.69 Å². The van der Waals surface area contributed by atoms with Crippen LogP contribution in [-0.2, 0) is 14.3 Å². The van der Waals surface area contributed by atoms with Crippen LogP contribution in [0.25, 0.3) is 32.9 Å². The van der Waals surface area contributed by atoms with E-state index in [4.69, 9.17) is 30.4 Å². The van der Waals surface area contributed by atoms with Crippen molar-refractivity contribution in [3.05, 3.63) is 54.1 Å². The Kier molecular flexibility index (Phi) is 8.57. The molecule has 0 bridgehead atoms. The maximum atomic E-state index is 17.2. The van der Waals surface area contributed by atoms with Crippen LogP contribution in [0.1, 0.15) is 18.4 Å². The molecule has 1 amide bonds. The van der Waals surface area contributed by atoms with Gasteiger partial charge in [-0.2, -0.15) is 9.97 Å². The number of terminal acetylenes is 1. The molecule has 3 aliphatic heterocycles. The number of pyridine rings is 1. The number of carbonyl (C=O) groups is 1. The molecule has 5 heterocycles. The number of phenolic OH excluding ortho intramolecular Hbond substituents is 1. The highest BCUT2D eigenvalue weighted by Gasteiger charge is 2.45. The highest BCUT2D eigenvalue weighted by Crippen LogP contribution is 2.47. The first-order valence-corrected chi connectivity index (χ1v) is 16.9. The molecular weight excluding hydrogens is 662 g/mol. The molecule has 0 spiro atoms. The van der Waals surface area contributed by atoms with Crippen molar-refractivity contribution in [1.29, 1.82) is 0 Å². The van der Waals surface area contributed by atoms with Gasteiger partial charge in [0.1, 0.15) is 40.6 Å². The zero-order valence-electron chi connectivity index (χ0n) is 27.8. The van der Waals surface area contributed by atoms with Crippen LogP contribution >= 0.6 is 0 Å². The summed E-state index contributed by atoms with van der Waals surface area (Å²) in [6.07, 6.45) is 8.86. The normalized spacial score (nSPS) is 21.2. The summed E-state index contributed by atoms with van der Waals surface area (Å²) in [5.41, 5.74) is -0.521. The van der Waals surface area contributed by atoms with E-state index in [9.17, 15) is 9.90 Å². The molecule has 0 radical (unpaired) electrons. The van der Waals surface area contributed by atoms with E-state index < -0.39 is 29.6 Å². The quantitative estimate of drug-likeness (QED) is 0.207. The number of hydrogen-bond donors (Lipinski definition) is 2. The number of ether oxygens (including phenoxy) is 4. The van der Waals surface area contributed by atoms with Crippen molar-refractivity contribution in [3.8, 4) is 41.2 Å². The Morgan fingerprint density at radius 3 is 2.69 bits per heavy atom. The fourth-order valence-electron chi connectivity index (χ4n) is 7.27. The van der Waals surface area contributed by atoms with Crippen LogP contribution in [0.15, 0.2) is 36.9 Å². The van der Waals surface area contributed by atoms with E-state index in [1.54, 1.807) is 0 Å². The highest BCUT2D eigenvalue weighted by atomic mass is 19.1. The molecule has 2 saturated heterocycles. The van der Waals surface area contributed by atoms with E-state index in [1.807, 2.05) is 4.90 Å². The summed E-state index contributed by atoms with van der Waals surface area (Å²) in [4.78, 5) is 30.8. The number of amides is 1. The summed E-state index contributed by atoms with van der Waals surface area (Å²) in [5.74, 6) is 0.570. The third-order valence-electron chi connectivity index (χ3n) is 10.1. The van der Waals surface area contributed by atoms with Crippen molar-refractivity contribution in [2.75, 3.05) is 70.7 Å². The maximum Gasteiger partial charge on any atom is 0.319 e. The van der Waals surface area contributed by atoms with Gasteiger partial charge in [-0.15, -0.1) is 6.42 Å². The van der Waals surface area contributed by atoms with Crippen molar-refractivity contribution in [3.63, 3.8) is 0 Å². The van der Waals surface area contributed by atoms with Gasteiger partial charge < -0.3 is 34.3 Å². The van der Waals surface area contributed by atoms with E-state index in [-0.39, 0.29) is 69.4 Å². The van der Waals surface area contributed by atoms with Gasteiger partial charge in [0.15, 0.2) is 5.82 Å². The molecule has 51 heavy (non-hydrogen) atoms. The summed E-state index contributed by atoms with van der Waals surface area (Å²) in [7, 11) is 0. The van der Waals surface area contributed by atoms with Crippen molar-refractivity contribution in [1.82, 2.24) is 25.2 Å². The second-order valence-corrected chi connectivity index (χ2v) is 13.4. The number of nitrogens with one attached hydrogen (secondary N) is 1. The number of phenols is 1. The lowest BCUT2D eigenvalue weighted by atomic mass is 9.95. The molecule has 14 heteroatoms. The summed E-state index contributed by atoms with van der Waals surface area (Å²) in [6.45, 7) is 8.63.